The van der Waals surface area contributed by atoms with Crippen LogP contribution in [-0.2, 0) is 23.9 Å². The number of unbranched alkanes of at least 4 members (excludes halogenated alkanes) is 3. The van der Waals surface area contributed by atoms with Crippen LogP contribution >= 0.6 is 0 Å². The van der Waals surface area contributed by atoms with Gasteiger partial charge in [-0.25, -0.2) is 9.59 Å². The Hall–Kier alpha value is -1.77. The van der Waals surface area contributed by atoms with E-state index in [9.17, 15) is 29.7 Å². The van der Waals surface area contributed by atoms with E-state index in [-0.39, 0.29) is 12.2 Å². The molecule has 8 heteroatoms. The lowest BCUT2D eigenvalue weighted by molar-refractivity contribution is -0.170. The smallest absolute Gasteiger partial charge is 0.348 e. The maximum atomic E-state index is 12.4. The Bertz CT molecular complexity index is 601. The van der Waals surface area contributed by atoms with E-state index in [1.54, 1.807) is 13.8 Å². The molecule has 1 rings (SSSR count). The summed E-state index contributed by atoms with van der Waals surface area (Å²) in [7, 11) is 0. The van der Waals surface area contributed by atoms with Gasteiger partial charge in [0.1, 0.15) is 6.10 Å². The van der Waals surface area contributed by atoms with Crippen LogP contribution in [0.25, 0.3) is 0 Å². The van der Waals surface area contributed by atoms with Crippen molar-refractivity contribution in [1.82, 2.24) is 0 Å². The van der Waals surface area contributed by atoms with Crippen molar-refractivity contribution in [3.05, 3.63) is 12.2 Å². The van der Waals surface area contributed by atoms with Crippen LogP contribution < -0.4 is 0 Å². The number of aliphatic hydroxyl groups excluding tert-OH is 3. The zero-order valence-corrected chi connectivity index (χ0v) is 19.4. The molecule has 8 nitrogen and oxygen atoms in total. The number of esters is 2. The second kappa shape index (κ2) is 15.9. The Morgan fingerprint density at radius 2 is 1.75 bits per heavy atom. The standard InChI is InChI=1S/C24H40O8/c1-17(25)10-6-3-4-8-12-19(26)14-15-23(29)32-22-16-21(28)20(27)13-9-5-7-11-18(2)31-24(22)30/h14-15,17-20,22,25-27H,3-13,16H2,1-2H3. The zero-order chi connectivity index (χ0) is 23.9. The molecule has 32 heavy (non-hydrogen) atoms. The lowest BCUT2D eigenvalue weighted by Crippen LogP contribution is -2.36. The van der Waals surface area contributed by atoms with E-state index in [4.69, 9.17) is 9.47 Å². The van der Waals surface area contributed by atoms with Gasteiger partial charge in [0.15, 0.2) is 5.78 Å². The first-order valence-electron chi connectivity index (χ1n) is 11.8. The number of aliphatic hydroxyl groups is 3. The molecule has 1 aliphatic rings. The highest BCUT2D eigenvalue weighted by atomic mass is 16.6. The molecule has 5 atom stereocenters. The predicted octanol–water partition coefficient (Wildman–Crippen LogP) is 2.75. The second-order valence-corrected chi connectivity index (χ2v) is 8.76. The van der Waals surface area contributed by atoms with Gasteiger partial charge in [0, 0.05) is 6.08 Å². The van der Waals surface area contributed by atoms with E-state index in [2.05, 4.69) is 0 Å². The summed E-state index contributed by atoms with van der Waals surface area (Å²) in [5, 5.41) is 29.2. The molecule has 3 N–H and O–H groups in total. The number of hydrogen-bond donors (Lipinski definition) is 3. The normalized spacial score (nSPS) is 25.5. The minimum absolute atomic E-state index is 0.297. The van der Waals surface area contributed by atoms with E-state index in [0.29, 0.717) is 25.7 Å². The van der Waals surface area contributed by atoms with Gasteiger partial charge >= 0.3 is 11.9 Å². The van der Waals surface area contributed by atoms with E-state index < -0.39 is 42.5 Å². The molecule has 0 saturated carbocycles. The first-order valence-corrected chi connectivity index (χ1v) is 11.8. The molecule has 1 aliphatic heterocycles. The highest BCUT2D eigenvalue weighted by molar-refractivity contribution is 5.91. The summed E-state index contributed by atoms with van der Waals surface area (Å²) in [6.45, 7) is 3.51. The molecule has 5 unspecified atom stereocenters. The van der Waals surface area contributed by atoms with E-state index in [1.165, 1.54) is 6.08 Å². The van der Waals surface area contributed by atoms with Crippen molar-refractivity contribution < 1.29 is 39.2 Å². The van der Waals surface area contributed by atoms with Gasteiger partial charge in [-0.3, -0.25) is 4.79 Å². The molecule has 184 valence electrons. The van der Waals surface area contributed by atoms with Crippen LogP contribution in [0.2, 0.25) is 0 Å². The van der Waals surface area contributed by atoms with Crippen molar-refractivity contribution in [1.29, 1.82) is 0 Å². The molecular formula is C24H40O8. The number of rotatable bonds is 10. The largest absolute Gasteiger partial charge is 0.460 e. The number of Topliss-reactive ketones (excluding diaryl/α,β-unsaturated/α-hetero) is 1. The topological polar surface area (TPSA) is 130 Å². The molecule has 0 amide bonds. The minimum atomic E-state index is -1.43. The minimum Gasteiger partial charge on any atom is -0.460 e. The van der Waals surface area contributed by atoms with Crippen molar-refractivity contribution in [3.63, 3.8) is 0 Å². The van der Waals surface area contributed by atoms with Crippen molar-refractivity contribution in [2.75, 3.05) is 0 Å². The van der Waals surface area contributed by atoms with Crippen LogP contribution in [0.3, 0.4) is 0 Å². The van der Waals surface area contributed by atoms with E-state index >= 15 is 0 Å². The summed E-state index contributed by atoms with van der Waals surface area (Å²) >= 11 is 0. The van der Waals surface area contributed by atoms with Gasteiger partial charge in [-0.1, -0.05) is 38.5 Å². The maximum Gasteiger partial charge on any atom is 0.348 e. The van der Waals surface area contributed by atoms with Crippen molar-refractivity contribution in [3.8, 4) is 0 Å². The SMILES string of the molecule is CC(O)CCCCCCC(O)C=CC(=O)OC1CC(=O)C(O)CCCCCC(C)OC1=O. The summed E-state index contributed by atoms with van der Waals surface area (Å²) in [6, 6.07) is 0. The lowest BCUT2D eigenvalue weighted by atomic mass is 10.0. The first-order chi connectivity index (χ1) is 15.2. The molecule has 1 fully saturated rings. The fourth-order valence-electron chi connectivity index (χ4n) is 3.54. The third kappa shape index (κ3) is 12.9. The number of cyclic esters (lactones) is 1. The molecule has 1 heterocycles. The fourth-order valence-corrected chi connectivity index (χ4v) is 3.54. The number of ketones is 1. The van der Waals surface area contributed by atoms with Crippen molar-refractivity contribution >= 4 is 17.7 Å². The summed E-state index contributed by atoms with van der Waals surface area (Å²) in [5.41, 5.74) is 0. The van der Waals surface area contributed by atoms with Gasteiger partial charge in [-0.05, 0) is 52.0 Å². The first kappa shape index (κ1) is 28.3. The highest BCUT2D eigenvalue weighted by Gasteiger charge is 2.31. The molecular weight excluding hydrogens is 416 g/mol. The Morgan fingerprint density at radius 3 is 2.44 bits per heavy atom. The van der Waals surface area contributed by atoms with Gasteiger partial charge in [-0.15, -0.1) is 0 Å². The third-order valence-corrected chi connectivity index (χ3v) is 5.51. The Kier molecular flexibility index (Phi) is 14.1. The van der Waals surface area contributed by atoms with Crippen LogP contribution in [0, 0.1) is 0 Å². The quantitative estimate of drug-likeness (QED) is 0.260. The summed E-state index contributed by atoms with van der Waals surface area (Å²) in [4.78, 5) is 36.8. The number of carbonyl (C=O) groups excluding carboxylic acids is 3. The predicted molar refractivity (Wildman–Crippen MR) is 119 cm³/mol. The zero-order valence-electron chi connectivity index (χ0n) is 19.4. The van der Waals surface area contributed by atoms with Gasteiger partial charge < -0.3 is 24.8 Å². The second-order valence-electron chi connectivity index (χ2n) is 8.76. The molecule has 0 aromatic heterocycles. The van der Waals surface area contributed by atoms with Crippen LogP contribution in [0.4, 0.5) is 0 Å². The molecule has 1 saturated heterocycles. The van der Waals surface area contributed by atoms with Gasteiger partial charge in [-0.2, -0.15) is 0 Å². The Balaban J connectivity index is 2.53. The van der Waals surface area contributed by atoms with Crippen LogP contribution in [-0.4, -0.2) is 63.6 Å². The molecule has 0 aliphatic carbocycles. The van der Waals surface area contributed by atoms with Crippen LogP contribution in [0.1, 0.15) is 90.9 Å². The monoisotopic (exact) mass is 456 g/mol. The van der Waals surface area contributed by atoms with E-state index in [0.717, 1.165) is 51.0 Å². The average molecular weight is 457 g/mol. The highest BCUT2D eigenvalue weighted by Crippen LogP contribution is 2.16. The van der Waals surface area contributed by atoms with Crippen molar-refractivity contribution in [2.24, 2.45) is 0 Å². The maximum absolute atomic E-state index is 12.4. The summed E-state index contributed by atoms with van der Waals surface area (Å²) in [5.74, 6) is -2.23. The number of ether oxygens (including phenoxy) is 2. The number of carbonyl (C=O) groups is 3. The Morgan fingerprint density at radius 1 is 1.09 bits per heavy atom. The van der Waals surface area contributed by atoms with Crippen LogP contribution in [0.15, 0.2) is 12.2 Å². The summed E-state index contributed by atoms with van der Waals surface area (Å²) in [6.07, 6.45) is 5.93. The molecule has 0 aromatic carbocycles. The molecule has 0 bridgehead atoms. The molecule has 0 spiro atoms. The Labute approximate surface area is 191 Å². The molecule has 0 radical (unpaired) electrons. The lowest BCUT2D eigenvalue weighted by Gasteiger charge is -2.21. The van der Waals surface area contributed by atoms with Crippen LogP contribution in [0.5, 0.6) is 0 Å². The number of hydrogen-bond acceptors (Lipinski definition) is 8. The van der Waals surface area contributed by atoms with Gasteiger partial charge in [0.2, 0.25) is 6.10 Å². The van der Waals surface area contributed by atoms with Gasteiger partial charge in [0.05, 0.1) is 24.7 Å². The average Bonchev–Trinajstić information content (AvgIpc) is 2.72. The van der Waals surface area contributed by atoms with Crippen molar-refractivity contribution in [2.45, 2.75) is 121 Å². The molecule has 0 aromatic rings. The van der Waals surface area contributed by atoms with Gasteiger partial charge in [0.25, 0.3) is 0 Å². The summed E-state index contributed by atoms with van der Waals surface area (Å²) < 4.78 is 10.4. The van der Waals surface area contributed by atoms with E-state index in [1.807, 2.05) is 0 Å². The third-order valence-electron chi connectivity index (χ3n) is 5.51. The fraction of sp³-hybridized carbons (Fsp3) is 0.792.